The van der Waals surface area contributed by atoms with Crippen molar-refractivity contribution < 1.29 is 4.79 Å². The lowest BCUT2D eigenvalue weighted by molar-refractivity contribution is 0.103. The first-order chi connectivity index (χ1) is 11.6. The first-order valence-corrected chi connectivity index (χ1v) is 7.94. The molecule has 0 fully saturated rings. The summed E-state index contributed by atoms with van der Waals surface area (Å²) in [5, 5.41) is 11.9. The van der Waals surface area contributed by atoms with Crippen LogP contribution < -0.4 is 5.32 Å². The number of hydrogen-bond donors (Lipinski definition) is 1. The van der Waals surface area contributed by atoms with Gasteiger partial charge in [-0.2, -0.15) is 0 Å². The maximum atomic E-state index is 13.0. The molecule has 0 bridgehead atoms. The third-order valence-electron chi connectivity index (χ3n) is 3.71. The standard InChI is InChI=1S/C18H17ClN4O/c1-12-21-22-17(11-20-2)23(12)16-9-8-14(19)10-15(16)18(24)13-6-4-3-5-7-13/h3-10,20H,11H2,1-2H3. The molecule has 5 nitrogen and oxygen atoms in total. The van der Waals surface area contributed by atoms with Crippen molar-refractivity contribution in [2.45, 2.75) is 13.5 Å². The van der Waals surface area contributed by atoms with Gasteiger partial charge in [0.2, 0.25) is 0 Å². The molecule has 0 spiro atoms. The molecule has 0 aliphatic heterocycles. The molecule has 2 aromatic carbocycles. The molecule has 3 rings (SSSR count). The van der Waals surface area contributed by atoms with Crippen molar-refractivity contribution in [2.24, 2.45) is 0 Å². The number of aryl methyl sites for hydroxylation is 1. The van der Waals surface area contributed by atoms with Crippen LogP contribution in [0.4, 0.5) is 0 Å². The van der Waals surface area contributed by atoms with Crippen molar-refractivity contribution in [3.63, 3.8) is 0 Å². The highest BCUT2D eigenvalue weighted by atomic mass is 35.5. The number of benzene rings is 2. The first kappa shape index (κ1) is 16.4. The molecule has 0 saturated carbocycles. The normalized spacial score (nSPS) is 10.8. The highest BCUT2D eigenvalue weighted by molar-refractivity contribution is 6.31. The van der Waals surface area contributed by atoms with Gasteiger partial charge in [-0.05, 0) is 32.2 Å². The van der Waals surface area contributed by atoms with E-state index in [0.717, 1.165) is 11.5 Å². The molecule has 0 radical (unpaired) electrons. The third-order valence-corrected chi connectivity index (χ3v) is 3.94. The largest absolute Gasteiger partial charge is 0.313 e. The molecular formula is C18H17ClN4O. The van der Waals surface area contributed by atoms with Gasteiger partial charge in [0, 0.05) is 16.1 Å². The number of hydrogen-bond acceptors (Lipinski definition) is 4. The van der Waals surface area contributed by atoms with Crippen LogP contribution in [0.25, 0.3) is 5.69 Å². The lowest BCUT2D eigenvalue weighted by Gasteiger charge is -2.14. The molecule has 122 valence electrons. The quantitative estimate of drug-likeness (QED) is 0.725. The molecule has 3 aromatic rings. The summed E-state index contributed by atoms with van der Waals surface area (Å²) in [7, 11) is 1.84. The van der Waals surface area contributed by atoms with E-state index in [9.17, 15) is 4.79 Å². The Labute approximate surface area is 145 Å². The molecule has 6 heteroatoms. The van der Waals surface area contributed by atoms with Gasteiger partial charge < -0.3 is 5.32 Å². The van der Waals surface area contributed by atoms with Gasteiger partial charge in [0.15, 0.2) is 11.6 Å². The van der Waals surface area contributed by atoms with Crippen molar-refractivity contribution in [1.82, 2.24) is 20.1 Å². The zero-order valence-electron chi connectivity index (χ0n) is 13.5. The Morgan fingerprint density at radius 2 is 1.92 bits per heavy atom. The molecule has 0 atom stereocenters. The number of halogens is 1. The minimum Gasteiger partial charge on any atom is -0.313 e. The predicted molar refractivity (Wildman–Crippen MR) is 93.7 cm³/mol. The highest BCUT2D eigenvalue weighted by Gasteiger charge is 2.19. The minimum atomic E-state index is -0.0865. The SMILES string of the molecule is CNCc1nnc(C)n1-c1ccc(Cl)cc1C(=O)c1ccccc1. The molecule has 1 N–H and O–H groups in total. The Kier molecular flexibility index (Phi) is 4.74. The monoisotopic (exact) mass is 340 g/mol. The van der Waals surface area contributed by atoms with Gasteiger partial charge in [0.25, 0.3) is 0 Å². The molecule has 0 unspecified atom stereocenters. The Balaban J connectivity index is 2.17. The summed E-state index contributed by atoms with van der Waals surface area (Å²) in [6.45, 7) is 2.40. The molecule has 1 aromatic heterocycles. The first-order valence-electron chi connectivity index (χ1n) is 7.57. The van der Waals surface area contributed by atoms with E-state index in [1.807, 2.05) is 42.8 Å². The molecule has 0 aliphatic rings. The molecule has 0 saturated heterocycles. The number of carbonyl (C=O) groups excluding carboxylic acids is 1. The summed E-state index contributed by atoms with van der Waals surface area (Å²) in [5.41, 5.74) is 1.86. The zero-order valence-corrected chi connectivity index (χ0v) is 14.2. The van der Waals surface area contributed by atoms with Crippen molar-refractivity contribution >= 4 is 17.4 Å². The summed E-state index contributed by atoms with van der Waals surface area (Å²) in [6.07, 6.45) is 0. The summed E-state index contributed by atoms with van der Waals surface area (Å²) in [6, 6.07) is 14.4. The Morgan fingerprint density at radius 1 is 1.17 bits per heavy atom. The number of nitrogens with one attached hydrogen (secondary N) is 1. The number of rotatable bonds is 5. The van der Waals surface area contributed by atoms with Gasteiger partial charge in [-0.3, -0.25) is 9.36 Å². The molecule has 1 heterocycles. The van der Waals surface area contributed by atoms with E-state index in [1.54, 1.807) is 24.3 Å². The van der Waals surface area contributed by atoms with Crippen LogP contribution in [0.15, 0.2) is 48.5 Å². The molecule has 0 aliphatic carbocycles. The highest BCUT2D eigenvalue weighted by Crippen LogP contribution is 2.24. The second-order valence-electron chi connectivity index (χ2n) is 5.39. The van der Waals surface area contributed by atoms with E-state index in [2.05, 4.69) is 15.5 Å². The van der Waals surface area contributed by atoms with E-state index in [0.29, 0.717) is 28.5 Å². The minimum absolute atomic E-state index is 0.0865. The Hall–Kier alpha value is -2.50. The van der Waals surface area contributed by atoms with Gasteiger partial charge in [-0.15, -0.1) is 10.2 Å². The summed E-state index contributed by atoms with van der Waals surface area (Å²) in [4.78, 5) is 13.0. The van der Waals surface area contributed by atoms with Crippen LogP contribution in [-0.2, 0) is 6.54 Å². The van der Waals surface area contributed by atoms with Crippen LogP contribution in [0.2, 0.25) is 5.02 Å². The molecule has 24 heavy (non-hydrogen) atoms. The second-order valence-corrected chi connectivity index (χ2v) is 5.82. The number of carbonyl (C=O) groups is 1. The maximum Gasteiger partial charge on any atom is 0.195 e. The van der Waals surface area contributed by atoms with Crippen LogP contribution in [-0.4, -0.2) is 27.6 Å². The Morgan fingerprint density at radius 3 is 2.62 bits per heavy atom. The van der Waals surface area contributed by atoms with Crippen LogP contribution in [0.3, 0.4) is 0 Å². The van der Waals surface area contributed by atoms with Crippen molar-refractivity contribution in [2.75, 3.05) is 7.05 Å². The van der Waals surface area contributed by atoms with E-state index in [4.69, 9.17) is 11.6 Å². The smallest absolute Gasteiger partial charge is 0.195 e. The fourth-order valence-corrected chi connectivity index (χ4v) is 2.79. The average molecular weight is 341 g/mol. The number of aromatic nitrogens is 3. The van der Waals surface area contributed by atoms with Gasteiger partial charge in [-0.25, -0.2) is 0 Å². The van der Waals surface area contributed by atoms with Crippen LogP contribution >= 0.6 is 11.6 Å². The van der Waals surface area contributed by atoms with Crippen molar-refractivity contribution in [1.29, 1.82) is 0 Å². The van der Waals surface area contributed by atoms with Gasteiger partial charge in [0.1, 0.15) is 5.82 Å². The fourth-order valence-electron chi connectivity index (χ4n) is 2.62. The van der Waals surface area contributed by atoms with Crippen molar-refractivity contribution in [3.8, 4) is 5.69 Å². The second kappa shape index (κ2) is 6.95. The zero-order chi connectivity index (χ0) is 17.1. The van der Waals surface area contributed by atoms with E-state index < -0.39 is 0 Å². The molecular weight excluding hydrogens is 324 g/mol. The third kappa shape index (κ3) is 3.09. The van der Waals surface area contributed by atoms with Gasteiger partial charge in [-0.1, -0.05) is 41.9 Å². The van der Waals surface area contributed by atoms with E-state index in [1.165, 1.54) is 0 Å². The summed E-state index contributed by atoms with van der Waals surface area (Å²) in [5.74, 6) is 1.36. The number of nitrogens with zero attached hydrogens (tertiary/aromatic N) is 3. The van der Waals surface area contributed by atoms with Crippen LogP contribution in [0.1, 0.15) is 27.6 Å². The lowest BCUT2D eigenvalue weighted by Crippen LogP contribution is -2.15. The molecule has 0 amide bonds. The van der Waals surface area contributed by atoms with Crippen LogP contribution in [0.5, 0.6) is 0 Å². The van der Waals surface area contributed by atoms with Crippen molar-refractivity contribution in [3.05, 3.63) is 76.3 Å². The lowest BCUT2D eigenvalue weighted by atomic mass is 10.0. The van der Waals surface area contributed by atoms with Gasteiger partial charge >= 0.3 is 0 Å². The van der Waals surface area contributed by atoms with E-state index in [-0.39, 0.29) is 5.78 Å². The van der Waals surface area contributed by atoms with E-state index >= 15 is 0 Å². The fraction of sp³-hybridized carbons (Fsp3) is 0.167. The topological polar surface area (TPSA) is 59.8 Å². The van der Waals surface area contributed by atoms with Crippen LogP contribution in [0, 0.1) is 6.92 Å². The van der Waals surface area contributed by atoms with Gasteiger partial charge in [0.05, 0.1) is 12.2 Å². The summed E-state index contributed by atoms with van der Waals surface area (Å²) >= 11 is 6.15. The Bertz CT molecular complexity index is 874. The number of ketones is 1. The summed E-state index contributed by atoms with van der Waals surface area (Å²) < 4.78 is 1.88. The predicted octanol–water partition coefficient (Wildman–Crippen LogP) is 3.18. The maximum absolute atomic E-state index is 13.0. The average Bonchev–Trinajstić information content (AvgIpc) is 2.96.